The van der Waals surface area contributed by atoms with E-state index >= 15 is 0 Å². The lowest BCUT2D eigenvalue weighted by atomic mass is 10.0. The highest BCUT2D eigenvalue weighted by Crippen LogP contribution is 2.23. The minimum atomic E-state index is -0.332. The van der Waals surface area contributed by atoms with Gasteiger partial charge in [-0.25, -0.2) is 11.7 Å². The molecule has 0 aliphatic carbocycles. The van der Waals surface area contributed by atoms with Crippen LogP contribution in [0.2, 0.25) is 0 Å². The molecule has 2 aromatic carbocycles. The summed E-state index contributed by atoms with van der Waals surface area (Å²) in [5.41, 5.74) is 6.57. The van der Waals surface area contributed by atoms with Crippen LogP contribution in [0.1, 0.15) is 16.8 Å². The van der Waals surface area contributed by atoms with Gasteiger partial charge in [0.15, 0.2) is 0 Å². The summed E-state index contributed by atoms with van der Waals surface area (Å²) < 4.78 is 5.45. The molecule has 0 fully saturated rings. The lowest BCUT2D eigenvalue weighted by Gasteiger charge is -2.07. The fourth-order valence-electron chi connectivity index (χ4n) is 1.97. The highest BCUT2D eigenvalue weighted by molar-refractivity contribution is 5.94. The lowest BCUT2D eigenvalue weighted by Crippen LogP contribution is -2.31. The van der Waals surface area contributed by atoms with Crippen LogP contribution in [-0.2, 0) is 4.79 Å². The van der Waals surface area contributed by atoms with Crippen LogP contribution in [0, 0.1) is 0 Å². The maximum Gasteiger partial charge on any atom is 0.265 e. The zero-order valence-electron chi connectivity index (χ0n) is 12.4. The number of carbonyl (C=O) groups is 2. The molecular formula is C16H18N4O3. The molecule has 0 unspecified atom stereocenters. The summed E-state index contributed by atoms with van der Waals surface area (Å²) in [6.07, 6.45) is 0.197. The molecule has 0 spiro atoms. The van der Waals surface area contributed by atoms with E-state index in [0.29, 0.717) is 11.3 Å². The molecule has 23 heavy (non-hydrogen) atoms. The number of hydrazine groups is 2. The van der Waals surface area contributed by atoms with E-state index in [1.807, 2.05) is 41.8 Å². The maximum absolute atomic E-state index is 11.4. The van der Waals surface area contributed by atoms with Gasteiger partial charge in [-0.05, 0) is 35.4 Å². The van der Waals surface area contributed by atoms with Crippen LogP contribution in [0.25, 0.3) is 11.1 Å². The molecule has 6 N–H and O–H groups in total. The number of carbonyl (C=O) groups excluding carboxylic acids is 2. The van der Waals surface area contributed by atoms with Crippen molar-refractivity contribution >= 4 is 11.8 Å². The Morgan fingerprint density at radius 3 is 1.96 bits per heavy atom. The van der Waals surface area contributed by atoms with E-state index < -0.39 is 0 Å². The summed E-state index contributed by atoms with van der Waals surface area (Å²) >= 11 is 0. The van der Waals surface area contributed by atoms with Crippen LogP contribution in [0.15, 0.2) is 48.5 Å². The van der Waals surface area contributed by atoms with Gasteiger partial charge in [0.2, 0.25) is 5.91 Å². The first-order valence-corrected chi connectivity index (χ1v) is 6.97. The summed E-state index contributed by atoms with van der Waals surface area (Å²) in [6, 6.07) is 14.5. The number of ether oxygens (including phenoxy) is 1. The quantitative estimate of drug-likeness (QED) is 0.356. The van der Waals surface area contributed by atoms with Crippen molar-refractivity contribution < 1.29 is 14.3 Å². The molecule has 7 heteroatoms. The molecule has 0 aliphatic rings. The third-order valence-corrected chi connectivity index (χ3v) is 3.22. The minimum Gasteiger partial charge on any atom is -0.493 e. The monoisotopic (exact) mass is 314 g/mol. The average molecular weight is 314 g/mol. The maximum atomic E-state index is 11.4. The molecule has 7 nitrogen and oxygen atoms in total. The predicted molar refractivity (Wildman–Crippen MR) is 86.0 cm³/mol. The highest BCUT2D eigenvalue weighted by atomic mass is 16.5. The van der Waals surface area contributed by atoms with Crippen molar-refractivity contribution in [2.45, 2.75) is 6.42 Å². The molecule has 0 saturated carbocycles. The van der Waals surface area contributed by atoms with Gasteiger partial charge in [0, 0.05) is 5.56 Å². The van der Waals surface area contributed by atoms with E-state index in [0.717, 1.165) is 11.1 Å². The number of nitrogens with two attached hydrogens (primary N) is 2. The number of nitrogens with one attached hydrogen (secondary N) is 2. The van der Waals surface area contributed by atoms with Crippen molar-refractivity contribution in [1.82, 2.24) is 10.9 Å². The summed E-state index contributed by atoms with van der Waals surface area (Å²) in [5, 5.41) is 0. The molecule has 0 radical (unpaired) electrons. The van der Waals surface area contributed by atoms with Crippen LogP contribution < -0.4 is 27.3 Å². The fourth-order valence-corrected chi connectivity index (χ4v) is 1.97. The van der Waals surface area contributed by atoms with Gasteiger partial charge >= 0.3 is 0 Å². The Balaban J connectivity index is 1.99. The molecule has 0 atom stereocenters. The fraction of sp³-hybridized carbons (Fsp3) is 0.125. The lowest BCUT2D eigenvalue weighted by molar-refractivity contribution is -0.121. The second kappa shape index (κ2) is 7.92. The summed E-state index contributed by atoms with van der Waals surface area (Å²) in [5.74, 6) is 10.1. The Labute approximate surface area is 133 Å². The van der Waals surface area contributed by atoms with Gasteiger partial charge in [-0.1, -0.05) is 24.3 Å². The molecule has 0 saturated heterocycles. The number of hydrogen-bond donors (Lipinski definition) is 4. The molecule has 120 valence electrons. The van der Waals surface area contributed by atoms with Gasteiger partial charge in [-0.2, -0.15) is 0 Å². The summed E-state index contributed by atoms with van der Waals surface area (Å²) in [7, 11) is 0. The first-order valence-electron chi connectivity index (χ1n) is 6.97. The first kappa shape index (κ1) is 16.5. The molecule has 0 bridgehead atoms. The number of hydrogen-bond acceptors (Lipinski definition) is 5. The van der Waals surface area contributed by atoms with Crippen LogP contribution in [-0.4, -0.2) is 18.4 Å². The molecular weight excluding hydrogens is 296 g/mol. The topological polar surface area (TPSA) is 119 Å². The van der Waals surface area contributed by atoms with Crippen molar-refractivity contribution in [1.29, 1.82) is 0 Å². The van der Waals surface area contributed by atoms with Crippen LogP contribution >= 0.6 is 0 Å². The Morgan fingerprint density at radius 1 is 0.870 bits per heavy atom. The van der Waals surface area contributed by atoms with Gasteiger partial charge < -0.3 is 4.74 Å². The standard InChI is InChI=1S/C16H18N4O3/c17-19-15(21)9-10-23-14-7-5-12(6-8-14)11-1-3-13(4-2-11)16(22)20-18/h1-8H,9-10,17-18H2,(H,19,21)(H,20,22). The largest absolute Gasteiger partial charge is 0.493 e. The van der Waals surface area contributed by atoms with Crippen molar-refractivity contribution in [3.05, 3.63) is 54.1 Å². The average Bonchev–Trinajstić information content (AvgIpc) is 2.61. The molecule has 2 amide bonds. The van der Waals surface area contributed by atoms with Gasteiger partial charge in [-0.3, -0.25) is 20.4 Å². The van der Waals surface area contributed by atoms with Crippen molar-refractivity contribution in [3.63, 3.8) is 0 Å². The Bertz CT molecular complexity index is 669. The number of amides is 2. The molecule has 0 aliphatic heterocycles. The zero-order valence-corrected chi connectivity index (χ0v) is 12.4. The minimum absolute atomic E-state index is 0.197. The second-order valence-corrected chi connectivity index (χ2v) is 4.74. The second-order valence-electron chi connectivity index (χ2n) is 4.74. The molecule has 0 aromatic heterocycles. The van der Waals surface area contributed by atoms with Crippen LogP contribution in [0.5, 0.6) is 5.75 Å². The third-order valence-electron chi connectivity index (χ3n) is 3.22. The first-order chi connectivity index (χ1) is 11.1. The number of nitrogen functional groups attached to an aromatic ring is 1. The highest BCUT2D eigenvalue weighted by Gasteiger charge is 2.04. The Hall–Kier alpha value is -2.90. The van der Waals surface area contributed by atoms with E-state index in [1.54, 1.807) is 12.1 Å². The predicted octanol–water partition coefficient (Wildman–Crippen LogP) is 0.716. The molecule has 2 aromatic rings. The Morgan fingerprint density at radius 2 is 1.43 bits per heavy atom. The zero-order chi connectivity index (χ0) is 16.7. The Kier molecular flexibility index (Phi) is 5.67. The van der Waals surface area contributed by atoms with E-state index in [4.69, 9.17) is 16.4 Å². The summed E-state index contributed by atoms with van der Waals surface area (Å²) in [6.45, 7) is 0.255. The van der Waals surface area contributed by atoms with Gasteiger partial charge in [0.1, 0.15) is 5.75 Å². The molecule has 2 rings (SSSR count). The number of rotatable bonds is 6. The third kappa shape index (κ3) is 4.53. The van der Waals surface area contributed by atoms with Crippen molar-refractivity contribution in [2.75, 3.05) is 6.61 Å². The van der Waals surface area contributed by atoms with Gasteiger partial charge in [0.05, 0.1) is 13.0 Å². The number of benzene rings is 2. The van der Waals surface area contributed by atoms with Crippen LogP contribution in [0.4, 0.5) is 0 Å². The SMILES string of the molecule is NNC(=O)CCOc1ccc(-c2ccc(C(=O)NN)cc2)cc1. The normalized spacial score (nSPS) is 10.0. The molecule has 0 heterocycles. The van der Waals surface area contributed by atoms with E-state index in [1.165, 1.54) is 0 Å². The van der Waals surface area contributed by atoms with Crippen molar-refractivity contribution in [3.8, 4) is 16.9 Å². The van der Waals surface area contributed by atoms with E-state index in [2.05, 4.69) is 5.43 Å². The summed E-state index contributed by atoms with van der Waals surface area (Å²) in [4.78, 5) is 22.4. The van der Waals surface area contributed by atoms with Crippen LogP contribution in [0.3, 0.4) is 0 Å². The van der Waals surface area contributed by atoms with Crippen molar-refractivity contribution in [2.24, 2.45) is 11.7 Å². The van der Waals surface area contributed by atoms with Gasteiger partial charge in [-0.15, -0.1) is 0 Å². The van der Waals surface area contributed by atoms with E-state index in [-0.39, 0.29) is 24.8 Å². The van der Waals surface area contributed by atoms with Gasteiger partial charge in [0.25, 0.3) is 5.91 Å². The van der Waals surface area contributed by atoms with E-state index in [9.17, 15) is 9.59 Å². The smallest absolute Gasteiger partial charge is 0.265 e.